The molecule has 0 radical (unpaired) electrons. The summed E-state index contributed by atoms with van der Waals surface area (Å²) >= 11 is 0. The van der Waals surface area contributed by atoms with Crippen LogP contribution in [0.4, 0.5) is 0 Å². The van der Waals surface area contributed by atoms with Crippen LogP contribution < -0.4 is 5.32 Å². The molecule has 3 N–H and O–H groups in total. The number of aliphatic hydroxyl groups is 2. The molecule has 0 aliphatic heterocycles. The van der Waals surface area contributed by atoms with E-state index in [4.69, 9.17) is 0 Å². The molecule has 20 heavy (non-hydrogen) atoms. The fourth-order valence-electron chi connectivity index (χ4n) is 2.66. The van der Waals surface area contributed by atoms with Crippen LogP contribution in [0.25, 0.3) is 0 Å². The molecule has 0 aromatic heterocycles. The Morgan fingerprint density at radius 2 is 2.05 bits per heavy atom. The molecule has 1 atom stereocenters. The zero-order valence-corrected chi connectivity index (χ0v) is 12.4. The summed E-state index contributed by atoms with van der Waals surface area (Å²) in [6.45, 7) is 5.11. The normalized spacial score (nSPS) is 19.4. The number of nitrogens with one attached hydrogen (secondary N) is 1. The average molecular weight is 279 g/mol. The molecule has 1 aliphatic carbocycles. The molecule has 1 saturated carbocycles. The van der Waals surface area contributed by atoms with Crippen molar-refractivity contribution in [1.82, 2.24) is 5.32 Å². The van der Waals surface area contributed by atoms with Gasteiger partial charge in [0, 0.05) is 6.54 Å². The summed E-state index contributed by atoms with van der Waals surface area (Å²) in [7, 11) is 0. The Kier molecular flexibility index (Phi) is 9.09. The highest BCUT2D eigenvalue weighted by Crippen LogP contribution is 2.25. The van der Waals surface area contributed by atoms with Crippen LogP contribution in [0.3, 0.4) is 0 Å². The zero-order valence-electron chi connectivity index (χ0n) is 12.4. The van der Waals surface area contributed by atoms with Crippen LogP contribution in [-0.2, 0) is 0 Å². The van der Waals surface area contributed by atoms with Crippen molar-refractivity contribution in [2.45, 2.75) is 51.0 Å². The molecule has 114 valence electrons. The molecule has 0 bridgehead atoms. The van der Waals surface area contributed by atoms with Gasteiger partial charge in [-0.05, 0) is 37.5 Å². The van der Waals surface area contributed by atoms with E-state index in [1.165, 1.54) is 50.7 Å². The molecule has 0 amide bonds. The van der Waals surface area contributed by atoms with E-state index in [-0.39, 0.29) is 5.76 Å². The Hall–Kier alpha value is -1.06. The molecule has 1 rings (SSSR count). The van der Waals surface area contributed by atoms with Crippen molar-refractivity contribution in [1.29, 1.82) is 0 Å². The van der Waals surface area contributed by atoms with Crippen molar-refractivity contribution >= 4 is 0 Å². The van der Waals surface area contributed by atoms with Crippen molar-refractivity contribution in [3.63, 3.8) is 0 Å². The molecule has 1 unspecified atom stereocenters. The minimum Gasteiger partial charge on any atom is -0.508 e. The average Bonchev–Trinajstić information content (AvgIpc) is 2.45. The molecule has 0 spiro atoms. The van der Waals surface area contributed by atoms with Gasteiger partial charge in [0.05, 0.1) is 6.10 Å². The van der Waals surface area contributed by atoms with Gasteiger partial charge >= 0.3 is 0 Å². The maximum atomic E-state index is 9.79. The number of hydrogen-bond acceptors (Lipinski definition) is 3. The summed E-state index contributed by atoms with van der Waals surface area (Å²) in [5.41, 5.74) is 0. The minimum atomic E-state index is -0.394. The maximum Gasteiger partial charge on any atom is 0.115 e. The lowest BCUT2D eigenvalue weighted by atomic mass is 9.87. The van der Waals surface area contributed by atoms with E-state index >= 15 is 0 Å². The van der Waals surface area contributed by atoms with Gasteiger partial charge in [-0.25, -0.2) is 0 Å². The summed E-state index contributed by atoms with van der Waals surface area (Å²) < 4.78 is 0. The van der Waals surface area contributed by atoms with Gasteiger partial charge in [-0.3, -0.25) is 0 Å². The number of hydrogen-bond donors (Lipinski definition) is 3. The highest BCUT2D eigenvalue weighted by molar-refractivity contribution is 5.15. The van der Waals surface area contributed by atoms with Crippen LogP contribution in [0, 0.1) is 5.92 Å². The molecular formula is C17H29NO2. The van der Waals surface area contributed by atoms with E-state index in [2.05, 4.69) is 11.9 Å². The minimum absolute atomic E-state index is 0.164. The number of allylic oxidation sites excluding steroid dienone is 3. The smallest absolute Gasteiger partial charge is 0.115 e. The highest BCUT2D eigenvalue weighted by Gasteiger charge is 2.12. The van der Waals surface area contributed by atoms with E-state index in [9.17, 15) is 10.2 Å². The van der Waals surface area contributed by atoms with Crippen LogP contribution in [0.15, 0.2) is 36.6 Å². The first-order chi connectivity index (χ1) is 9.72. The summed E-state index contributed by atoms with van der Waals surface area (Å²) in [4.78, 5) is 0. The number of aliphatic hydroxyl groups excluding tert-OH is 2. The molecule has 3 heteroatoms. The van der Waals surface area contributed by atoms with Crippen molar-refractivity contribution < 1.29 is 10.2 Å². The molecule has 0 aromatic carbocycles. The molecule has 1 fully saturated rings. The predicted molar refractivity (Wildman–Crippen MR) is 84.7 cm³/mol. The Labute approximate surface area is 123 Å². The lowest BCUT2D eigenvalue weighted by molar-refractivity contribution is 0.173. The lowest BCUT2D eigenvalue weighted by Gasteiger charge is -2.21. The van der Waals surface area contributed by atoms with E-state index in [1.807, 2.05) is 0 Å². The summed E-state index contributed by atoms with van der Waals surface area (Å²) in [5, 5.41) is 22.4. The monoisotopic (exact) mass is 279 g/mol. The Morgan fingerprint density at radius 1 is 1.30 bits per heavy atom. The second-order valence-corrected chi connectivity index (χ2v) is 5.62. The first-order valence-corrected chi connectivity index (χ1v) is 7.79. The maximum absolute atomic E-state index is 9.79. The van der Waals surface area contributed by atoms with Gasteiger partial charge in [-0.2, -0.15) is 0 Å². The lowest BCUT2D eigenvalue weighted by Crippen LogP contribution is -2.28. The standard InChI is InChI=1S/C17H29NO2/c1-2-7-16(19)10-6-11-17(20)14-18-13-12-15-8-4-3-5-9-15/h2,6-7,10,15,17-20H,1,3-5,8-9,11-14H2/b10-6-,16-7+. The van der Waals surface area contributed by atoms with Gasteiger partial charge in [0.15, 0.2) is 0 Å². The van der Waals surface area contributed by atoms with E-state index < -0.39 is 6.10 Å². The zero-order chi connectivity index (χ0) is 14.6. The third kappa shape index (κ3) is 8.18. The van der Waals surface area contributed by atoms with E-state index in [0.717, 1.165) is 12.5 Å². The Balaban J connectivity index is 2.03. The Bertz CT molecular complexity index is 317. The van der Waals surface area contributed by atoms with Crippen LogP contribution in [0.5, 0.6) is 0 Å². The van der Waals surface area contributed by atoms with Gasteiger partial charge in [-0.1, -0.05) is 50.8 Å². The van der Waals surface area contributed by atoms with Crippen LogP contribution in [0.1, 0.15) is 44.9 Å². The predicted octanol–water partition coefficient (Wildman–Crippen LogP) is 3.48. The van der Waals surface area contributed by atoms with Crippen LogP contribution >= 0.6 is 0 Å². The third-order valence-electron chi connectivity index (χ3n) is 3.82. The molecule has 1 aliphatic rings. The second kappa shape index (κ2) is 10.7. The van der Waals surface area contributed by atoms with Crippen molar-refractivity contribution in [2.24, 2.45) is 5.92 Å². The molecular weight excluding hydrogens is 250 g/mol. The van der Waals surface area contributed by atoms with Gasteiger partial charge in [-0.15, -0.1) is 0 Å². The second-order valence-electron chi connectivity index (χ2n) is 5.62. The molecule has 0 aromatic rings. The van der Waals surface area contributed by atoms with E-state index in [1.54, 1.807) is 12.2 Å². The van der Waals surface area contributed by atoms with Crippen molar-refractivity contribution in [2.75, 3.05) is 13.1 Å². The number of rotatable bonds is 9. The van der Waals surface area contributed by atoms with Gasteiger partial charge < -0.3 is 15.5 Å². The van der Waals surface area contributed by atoms with Gasteiger partial charge in [0.1, 0.15) is 5.76 Å². The quantitative estimate of drug-likeness (QED) is 0.344. The molecule has 3 nitrogen and oxygen atoms in total. The highest BCUT2D eigenvalue weighted by atomic mass is 16.3. The fourth-order valence-corrected chi connectivity index (χ4v) is 2.66. The van der Waals surface area contributed by atoms with Crippen LogP contribution in [-0.4, -0.2) is 29.4 Å². The summed E-state index contributed by atoms with van der Waals surface area (Å²) in [6, 6.07) is 0. The Morgan fingerprint density at radius 3 is 2.75 bits per heavy atom. The van der Waals surface area contributed by atoms with Crippen molar-refractivity contribution in [3.8, 4) is 0 Å². The topological polar surface area (TPSA) is 52.5 Å². The van der Waals surface area contributed by atoms with Crippen LogP contribution in [0.2, 0.25) is 0 Å². The molecule has 0 saturated heterocycles. The molecule has 0 heterocycles. The van der Waals surface area contributed by atoms with Crippen molar-refractivity contribution in [3.05, 3.63) is 36.6 Å². The van der Waals surface area contributed by atoms with Gasteiger partial charge in [0.25, 0.3) is 0 Å². The van der Waals surface area contributed by atoms with E-state index in [0.29, 0.717) is 13.0 Å². The first-order valence-electron chi connectivity index (χ1n) is 7.79. The SMILES string of the molecule is C=C/C=C(O)\C=C/CC(O)CNCCC1CCCCC1. The van der Waals surface area contributed by atoms with Gasteiger partial charge in [0.2, 0.25) is 0 Å². The summed E-state index contributed by atoms with van der Waals surface area (Å²) in [5.74, 6) is 1.05. The fraction of sp³-hybridized carbons (Fsp3) is 0.647. The third-order valence-corrected chi connectivity index (χ3v) is 3.82. The first kappa shape index (κ1) is 17.0. The largest absolute Gasteiger partial charge is 0.508 e. The summed E-state index contributed by atoms with van der Waals surface area (Å²) in [6.07, 6.45) is 14.7.